The summed E-state index contributed by atoms with van der Waals surface area (Å²) < 4.78 is 45.1. The van der Waals surface area contributed by atoms with Gasteiger partial charge >= 0.3 is 0 Å². The van der Waals surface area contributed by atoms with E-state index in [-0.39, 0.29) is 0 Å². The molecule has 0 aliphatic rings. The molecule has 2 amide bonds. The Kier molecular flexibility index (Phi) is 6.21. The van der Waals surface area contributed by atoms with Crippen LogP contribution in [0.1, 0.15) is 13.8 Å². The van der Waals surface area contributed by atoms with E-state index in [4.69, 9.17) is 4.74 Å². The first-order valence-electron chi connectivity index (χ1n) is 7.77. The molecule has 2 aromatic rings. The minimum Gasteiger partial charge on any atom is -0.494 e. The summed E-state index contributed by atoms with van der Waals surface area (Å²) in [4.78, 5) is 25.1. The van der Waals surface area contributed by atoms with Crippen LogP contribution in [0.5, 0.6) is 5.75 Å². The molecule has 26 heavy (non-hydrogen) atoms. The van der Waals surface area contributed by atoms with Crippen LogP contribution >= 0.6 is 0 Å². The molecule has 138 valence electrons. The quantitative estimate of drug-likeness (QED) is 0.796. The van der Waals surface area contributed by atoms with E-state index in [0.29, 0.717) is 24.1 Å². The summed E-state index contributed by atoms with van der Waals surface area (Å²) in [6.07, 6.45) is 0. The van der Waals surface area contributed by atoms with Gasteiger partial charge in [-0.25, -0.2) is 13.2 Å². The lowest BCUT2D eigenvalue weighted by molar-refractivity contribution is -0.120. The van der Waals surface area contributed by atoms with Crippen molar-refractivity contribution in [2.24, 2.45) is 0 Å². The fourth-order valence-corrected chi connectivity index (χ4v) is 2.23. The number of halogens is 3. The van der Waals surface area contributed by atoms with Crippen LogP contribution in [0.4, 0.5) is 24.5 Å². The summed E-state index contributed by atoms with van der Waals surface area (Å²) >= 11 is 0. The van der Waals surface area contributed by atoms with Gasteiger partial charge in [-0.2, -0.15) is 0 Å². The number of hydrogen-bond acceptors (Lipinski definition) is 3. The molecule has 0 spiro atoms. The average molecular weight is 366 g/mol. The second-order valence-electron chi connectivity index (χ2n) is 5.30. The molecule has 0 heterocycles. The molecule has 0 unspecified atom stereocenters. The third kappa shape index (κ3) is 4.53. The van der Waals surface area contributed by atoms with E-state index in [1.807, 2.05) is 6.92 Å². The molecule has 0 radical (unpaired) electrons. The Morgan fingerprint density at radius 1 is 1.04 bits per heavy atom. The van der Waals surface area contributed by atoms with E-state index in [1.54, 1.807) is 24.3 Å². The molecular formula is C18H17F3N2O3. The molecule has 0 atom stereocenters. The highest BCUT2D eigenvalue weighted by molar-refractivity contribution is 6.01. The van der Waals surface area contributed by atoms with Crippen LogP contribution in [0, 0.1) is 17.5 Å². The number of benzene rings is 2. The number of ether oxygens (including phenoxy) is 1. The van der Waals surface area contributed by atoms with Crippen molar-refractivity contribution in [2.45, 2.75) is 13.8 Å². The predicted molar refractivity (Wildman–Crippen MR) is 90.6 cm³/mol. The van der Waals surface area contributed by atoms with Crippen molar-refractivity contribution in [1.29, 1.82) is 0 Å². The van der Waals surface area contributed by atoms with E-state index in [9.17, 15) is 22.8 Å². The van der Waals surface area contributed by atoms with Crippen LogP contribution in [0.3, 0.4) is 0 Å². The van der Waals surface area contributed by atoms with Crippen molar-refractivity contribution >= 4 is 23.2 Å². The van der Waals surface area contributed by atoms with Crippen molar-refractivity contribution in [3.63, 3.8) is 0 Å². The highest BCUT2D eigenvalue weighted by Gasteiger charge is 2.19. The Morgan fingerprint density at radius 3 is 2.27 bits per heavy atom. The summed E-state index contributed by atoms with van der Waals surface area (Å²) in [6.45, 7) is 3.15. The Bertz CT molecular complexity index is 810. The van der Waals surface area contributed by atoms with Gasteiger partial charge in [-0.3, -0.25) is 9.59 Å². The maximum absolute atomic E-state index is 13.6. The zero-order valence-electron chi connectivity index (χ0n) is 14.2. The van der Waals surface area contributed by atoms with Crippen molar-refractivity contribution < 1.29 is 27.5 Å². The van der Waals surface area contributed by atoms with E-state index < -0.39 is 41.5 Å². The molecular weight excluding hydrogens is 349 g/mol. The van der Waals surface area contributed by atoms with Gasteiger partial charge in [0.25, 0.3) is 0 Å². The topological polar surface area (TPSA) is 58.6 Å². The van der Waals surface area contributed by atoms with Gasteiger partial charge in [-0.05, 0) is 43.3 Å². The van der Waals surface area contributed by atoms with Crippen LogP contribution in [-0.4, -0.2) is 25.0 Å². The van der Waals surface area contributed by atoms with Gasteiger partial charge in [0.05, 0.1) is 12.3 Å². The second-order valence-corrected chi connectivity index (χ2v) is 5.30. The molecule has 8 heteroatoms. The van der Waals surface area contributed by atoms with Crippen LogP contribution in [0.2, 0.25) is 0 Å². The minimum absolute atomic E-state index is 0.421. The summed E-state index contributed by atoms with van der Waals surface area (Å²) in [5, 5.41) is 2.13. The van der Waals surface area contributed by atoms with E-state index in [1.165, 1.54) is 6.92 Å². The number of amides is 2. The van der Waals surface area contributed by atoms with Gasteiger partial charge in [0, 0.05) is 12.6 Å². The number of anilines is 2. The normalized spacial score (nSPS) is 10.3. The first kappa shape index (κ1) is 19.3. The number of nitrogens with zero attached hydrogens (tertiary/aromatic N) is 1. The van der Waals surface area contributed by atoms with Gasteiger partial charge < -0.3 is 15.0 Å². The van der Waals surface area contributed by atoms with Crippen molar-refractivity contribution in [1.82, 2.24) is 0 Å². The second kappa shape index (κ2) is 8.37. The molecule has 1 N–H and O–H groups in total. The molecule has 0 aromatic heterocycles. The summed E-state index contributed by atoms with van der Waals surface area (Å²) in [5.74, 6) is -5.13. The summed E-state index contributed by atoms with van der Waals surface area (Å²) in [5.41, 5.74) is -0.0778. The fourth-order valence-electron chi connectivity index (χ4n) is 2.23. The molecule has 0 fully saturated rings. The third-order valence-electron chi connectivity index (χ3n) is 3.45. The maximum Gasteiger partial charge on any atom is 0.244 e. The SMILES string of the molecule is CCOc1ccc(N(CC(=O)Nc2ccc(F)c(F)c2F)C(C)=O)cc1. The molecule has 0 aliphatic carbocycles. The standard InChI is InChI=1S/C18H17F3N2O3/c1-3-26-13-6-4-12(5-7-13)23(11(2)24)10-16(25)22-15-9-8-14(19)17(20)18(15)21/h4-9H,3,10H2,1-2H3,(H,22,25). The first-order valence-corrected chi connectivity index (χ1v) is 7.77. The number of hydrogen-bond donors (Lipinski definition) is 1. The monoisotopic (exact) mass is 366 g/mol. The third-order valence-corrected chi connectivity index (χ3v) is 3.45. The maximum atomic E-state index is 13.6. The molecule has 0 aliphatic heterocycles. The van der Waals surface area contributed by atoms with E-state index in [0.717, 1.165) is 11.0 Å². The largest absolute Gasteiger partial charge is 0.494 e. The smallest absolute Gasteiger partial charge is 0.244 e. The average Bonchev–Trinajstić information content (AvgIpc) is 2.61. The lowest BCUT2D eigenvalue weighted by Crippen LogP contribution is -2.36. The fraction of sp³-hybridized carbons (Fsp3) is 0.222. The Hall–Kier alpha value is -3.03. The van der Waals surface area contributed by atoms with Crippen LogP contribution in [0.25, 0.3) is 0 Å². The van der Waals surface area contributed by atoms with Gasteiger partial charge in [-0.1, -0.05) is 0 Å². The van der Waals surface area contributed by atoms with Gasteiger partial charge in [0.1, 0.15) is 12.3 Å². The van der Waals surface area contributed by atoms with E-state index in [2.05, 4.69) is 5.32 Å². The number of rotatable bonds is 6. The Balaban J connectivity index is 2.13. The molecule has 0 saturated carbocycles. The zero-order valence-corrected chi connectivity index (χ0v) is 14.2. The summed E-state index contributed by atoms with van der Waals surface area (Å²) in [6, 6.07) is 8.07. The lowest BCUT2D eigenvalue weighted by Gasteiger charge is -2.21. The van der Waals surface area contributed by atoms with Crippen molar-refractivity contribution in [3.8, 4) is 5.75 Å². The Morgan fingerprint density at radius 2 is 1.69 bits per heavy atom. The minimum atomic E-state index is -1.68. The summed E-state index contributed by atoms with van der Waals surface area (Å²) in [7, 11) is 0. The van der Waals surface area contributed by atoms with Crippen LogP contribution in [-0.2, 0) is 9.59 Å². The molecule has 2 aromatic carbocycles. The number of carbonyl (C=O) groups is 2. The van der Waals surface area contributed by atoms with Crippen LogP contribution < -0.4 is 15.0 Å². The van der Waals surface area contributed by atoms with Gasteiger partial charge in [0.2, 0.25) is 11.8 Å². The highest BCUT2D eigenvalue weighted by Crippen LogP contribution is 2.21. The van der Waals surface area contributed by atoms with Crippen LogP contribution in [0.15, 0.2) is 36.4 Å². The van der Waals surface area contributed by atoms with Crippen molar-refractivity contribution in [3.05, 3.63) is 53.8 Å². The van der Waals surface area contributed by atoms with E-state index >= 15 is 0 Å². The Labute approximate surface area is 148 Å². The van der Waals surface area contributed by atoms with Gasteiger partial charge in [0.15, 0.2) is 17.5 Å². The zero-order chi connectivity index (χ0) is 19.3. The predicted octanol–water partition coefficient (Wildman–Crippen LogP) is 3.49. The number of carbonyl (C=O) groups excluding carboxylic acids is 2. The molecule has 0 bridgehead atoms. The highest BCUT2D eigenvalue weighted by atomic mass is 19.2. The lowest BCUT2D eigenvalue weighted by atomic mass is 10.2. The van der Waals surface area contributed by atoms with Gasteiger partial charge in [-0.15, -0.1) is 0 Å². The molecule has 0 saturated heterocycles. The molecule has 5 nitrogen and oxygen atoms in total. The molecule has 2 rings (SSSR count). The number of nitrogens with one attached hydrogen (secondary N) is 1. The first-order chi connectivity index (χ1) is 12.3. The van der Waals surface area contributed by atoms with Crippen molar-refractivity contribution in [2.75, 3.05) is 23.4 Å².